The summed E-state index contributed by atoms with van der Waals surface area (Å²) < 4.78 is 0. The molecule has 1 heterocycles. The molecular weight excluding hydrogens is 288 g/mol. The van der Waals surface area contributed by atoms with Crippen molar-refractivity contribution in [1.82, 2.24) is 15.5 Å². The van der Waals surface area contributed by atoms with Crippen molar-refractivity contribution in [1.29, 1.82) is 0 Å². The Kier molecular flexibility index (Phi) is 4.34. The number of nitrogens with zero attached hydrogens (tertiary/aromatic N) is 3. The second kappa shape index (κ2) is 5.87. The molecule has 21 heavy (non-hydrogen) atoms. The summed E-state index contributed by atoms with van der Waals surface area (Å²) in [7, 11) is 0. The summed E-state index contributed by atoms with van der Waals surface area (Å²) in [6.45, 7) is 8.71. The van der Waals surface area contributed by atoms with Crippen molar-refractivity contribution in [3.05, 3.63) is 38.9 Å². The van der Waals surface area contributed by atoms with Gasteiger partial charge in [0.1, 0.15) is 10.0 Å². The highest BCUT2D eigenvalue weighted by Gasteiger charge is 2.14. The van der Waals surface area contributed by atoms with Gasteiger partial charge in [-0.25, -0.2) is 0 Å². The molecule has 0 saturated heterocycles. The van der Waals surface area contributed by atoms with Crippen molar-refractivity contribution in [2.45, 2.75) is 39.8 Å². The lowest BCUT2D eigenvalue weighted by Crippen LogP contribution is -2.35. The highest BCUT2D eigenvalue weighted by molar-refractivity contribution is 7.14. The average Bonchev–Trinajstić information content (AvgIpc) is 2.83. The van der Waals surface area contributed by atoms with Gasteiger partial charge in [0.25, 0.3) is 5.69 Å². The third kappa shape index (κ3) is 4.30. The van der Waals surface area contributed by atoms with Crippen LogP contribution in [0.5, 0.6) is 0 Å². The van der Waals surface area contributed by atoms with Gasteiger partial charge in [0, 0.05) is 23.2 Å². The third-order valence-corrected chi connectivity index (χ3v) is 3.73. The van der Waals surface area contributed by atoms with E-state index < -0.39 is 0 Å². The molecule has 0 bridgehead atoms. The van der Waals surface area contributed by atoms with Crippen LogP contribution in [0, 0.1) is 17.0 Å². The number of aryl methyl sites for hydroxylation is 1. The Labute approximate surface area is 127 Å². The highest BCUT2D eigenvalue weighted by Crippen LogP contribution is 2.28. The van der Waals surface area contributed by atoms with Crippen LogP contribution >= 0.6 is 11.3 Å². The van der Waals surface area contributed by atoms with Crippen molar-refractivity contribution in [3.63, 3.8) is 0 Å². The maximum atomic E-state index is 10.9. The number of non-ortho nitro benzene ring substituents is 1. The summed E-state index contributed by atoms with van der Waals surface area (Å²) in [4.78, 5) is 10.5. The Hall–Kier alpha value is -1.86. The molecule has 0 fully saturated rings. The third-order valence-electron chi connectivity index (χ3n) is 2.76. The quantitative estimate of drug-likeness (QED) is 0.692. The van der Waals surface area contributed by atoms with Gasteiger partial charge in [-0.15, -0.1) is 10.2 Å². The van der Waals surface area contributed by atoms with Gasteiger partial charge in [0.2, 0.25) is 0 Å². The zero-order valence-corrected chi connectivity index (χ0v) is 13.3. The van der Waals surface area contributed by atoms with Crippen molar-refractivity contribution in [2.24, 2.45) is 0 Å². The zero-order valence-electron chi connectivity index (χ0n) is 12.5. The molecule has 0 aliphatic heterocycles. The van der Waals surface area contributed by atoms with Crippen molar-refractivity contribution in [3.8, 4) is 10.6 Å². The number of hydrogen-bond acceptors (Lipinski definition) is 6. The van der Waals surface area contributed by atoms with Crippen LogP contribution in [0.2, 0.25) is 0 Å². The molecule has 7 heteroatoms. The molecule has 0 amide bonds. The van der Waals surface area contributed by atoms with E-state index in [1.807, 2.05) is 13.0 Å². The normalized spacial score (nSPS) is 11.6. The minimum atomic E-state index is -0.389. The number of nitro benzene ring substituents is 1. The topological polar surface area (TPSA) is 81.0 Å². The highest BCUT2D eigenvalue weighted by atomic mass is 32.1. The molecule has 2 rings (SSSR count). The molecule has 0 unspecified atom stereocenters. The minimum absolute atomic E-state index is 0.00789. The van der Waals surface area contributed by atoms with Crippen molar-refractivity contribution >= 4 is 17.0 Å². The molecule has 0 spiro atoms. The first-order valence-electron chi connectivity index (χ1n) is 6.58. The van der Waals surface area contributed by atoms with Crippen molar-refractivity contribution in [2.75, 3.05) is 0 Å². The van der Waals surface area contributed by atoms with Crippen LogP contribution < -0.4 is 5.32 Å². The fraction of sp³-hybridized carbons (Fsp3) is 0.429. The molecule has 0 radical (unpaired) electrons. The van der Waals surface area contributed by atoms with E-state index in [-0.39, 0.29) is 16.1 Å². The lowest BCUT2D eigenvalue weighted by molar-refractivity contribution is -0.384. The SMILES string of the molecule is Cc1cc(-c2nnc(CNC(C)(C)C)s2)cc([N+](=O)[O-])c1. The van der Waals surface area contributed by atoms with Crippen LogP contribution in [-0.2, 0) is 6.54 Å². The second-order valence-electron chi connectivity index (χ2n) is 5.92. The Bertz CT molecular complexity index is 661. The molecule has 1 N–H and O–H groups in total. The number of nitro groups is 1. The number of benzene rings is 1. The van der Waals surface area contributed by atoms with Crippen LogP contribution in [-0.4, -0.2) is 20.7 Å². The number of nitrogens with one attached hydrogen (secondary N) is 1. The molecule has 1 aromatic heterocycles. The average molecular weight is 306 g/mol. The maximum Gasteiger partial charge on any atom is 0.270 e. The van der Waals surface area contributed by atoms with Gasteiger partial charge >= 0.3 is 0 Å². The molecular formula is C14H18N4O2S. The summed E-state index contributed by atoms with van der Waals surface area (Å²) in [5, 5.41) is 24.1. The van der Waals surface area contributed by atoms with Gasteiger partial charge in [-0.05, 0) is 39.3 Å². The molecule has 0 saturated carbocycles. The van der Waals surface area contributed by atoms with Gasteiger partial charge in [-0.1, -0.05) is 11.3 Å². The molecule has 6 nitrogen and oxygen atoms in total. The van der Waals surface area contributed by atoms with E-state index >= 15 is 0 Å². The Morgan fingerprint density at radius 2 is 2.00 bits per heavy atom. The lowest BCUT2D eigenvalue weighted by Gasteiger charge is -2.19. The molecule has 1 aromatic carbocycles. The predicted octanol–water partition coefficient (Wildman–Crippen LogP) is 3.31. The summed E-state index contributed by atoms with van der Waals surface area (Å²) >= 11 is 1.45. The molecule has 112 valence electrons. The van der Waals surface area contributed by atoms with E-state index in [4.69, 9.17) is 0 Å². The lowest BCUT2D eigenvalue weighted by atomic mass is 10.1. The first-order chi connectivity index (χ1) is 9.74. The number of hydrogen-bond donors (Lipinski definition) is 1. The van der Waals surface area contributed by atoms with E-state index in [1.54, 1.807) is 6.07 Å². The van der Waals surface area contributed by atoms with Crippen LogP contribution in [0.1, 0.15) is 31.3 Å². The fourth-order valence-electron chi connectivity index (χ4n) is 1.77. The summed E-state index contributed by atoms with van der Waals surface area (Å²) in [5.41, 5.74) is 1.66. The summed E-state index contributed by atoms with van der Waals surface area (Å²) in [6, 6.07) is 4.97. The van der Waals surface area contributed by atoms with E-state index in [0.29, 0.717) is 11.6 Å². The van der Waals surface area contributed by atoms with E-state index in [0.717, 1.165) is 16.1 Å². The number of rotatable bonds is 4. The Morgan fingerprint density at radius 1 is 1.29 bits per heavy atom. The Morgan fingerprint density at radius 3 is 2.62 bits per heavy atom. The number of aromatic nitrogens is 2. The van der Waals surface area contributed by atoms with Gasteiger partial charge in [0.15, 0.2) is 0 Å². The van der Waals surface area contributed by atoms with E-state index in [9.17, 15) is 10.1 Å². The van der Waals surface area contributed by atoms with E-state index in [2.05, 4.69) is 36.3 Å². The van der Waals surface area contributed by atoms with Gasteiger partial charge < -0.3 is 5.32 Å². The standard InChI is InChI=1S/C14H18N4O2S/c1-9-5-10(7-11(6-9)18(19)20)13-17-16-12(21-13)8-15-14(2,3)4/h5-7,15H,8H2,1-4H3. The smallest absolute Gasteiger partial charge is 0.270 e. The zero-order chi connectivity index (χ0) is 15.6. The molecule has 0 aliphatic rings. The minimum Gasteiger partial charge on any atom is -0.306 e. The van der Waals surface area contributed by atoms with Crippen LogP contribution in [0.3, 0.4) is 0 Å². The second-order valence-corrected chi connectivity index (χ2v) is 6.98. The maximum absolute atomic E-state index is 10.9. The molecule has 2 aromatic rings. The predicted molar refractivity (Wildman–Crippen MR) is 83.3 cm³/mol. The van der Waals surface area contributed by atoms with Crippen LogP contribution in [0.15, 0.2) is 18.2 Å². The van der Waals surface area contributed by atoms with E-state index in [1.165, 1.54) is 17.4 Å². The van der Waals surface area contributed by atoms with Crippen molar-refractivity contribution < 1.29 is 4.92 Å². The fourth-order valence-corrected chi connectivity index (χ4v) is 2.54. The summed E-state index contributed by atoms with van der Waals surface area (Å²) in [5.74, 6) is 0. The van der Waals surface area contributed by atoms with Gasteiger partial charge in [0.05, 0.1) is 11.5 Å². The first-order valence-corrected chi connectivity index (χ1v) is 7.40. The monoisotopic (exact) mass is 306 g/mol. The van der Waals surface area contributed by atoms with Gasteiger partial charge in [-0.2, -0.15) is 0 Å². The molecule has 0 atom stereocenters. The van der Waals surface area contributed by atoms with Crippen LogP contribution in [0.25, 0.3) is 10.6 Å². The van der Waals surface area contributed by atoms with Gasteiger partial charge in [-0.3, -0.25) is 10.1 Å². The first kappa shape index (κ1) is 15.5. The summed E-state index contributed by atoms with van der Waals surface area (Å²) in [6.07, 6.45) is 0. The Balaban J connectivity index is 2.23. The largest absolute Gasteiger partial charge is 0.306 e. The van der Waals surface area contributed by atoms with Crippen LogP contribution in [0.4, 0.5) is 5.69 Å². The molecule has 0 aliphatic carbocycles.